The van der Waals surface area contributed by atoms with E-state index in [1.54, 1.807) is 17.0 Å². The molecule has 0 radical (unpaired) electrons. The van der Waals surface area contributed by atoms with E-state index in [0.29, 0.717) is 38.2 Å². The molecule has 0 spiro atoms. The largest absolute Gasteiger partial charge is 0.423 e. The van der Waals surface area contributed by atoms with Crippen LogP contribution in [0.25, 0.3) is 0 Å². The van der Waals surface area contributed by atoms with Crippen LogP contribution in [0.5, 0.6) is 0 Å². The minimum Gasteiger partial charge on any atom is -0.379 e. The van der Waals surface area contributed by atoms with Crippen molar-refractivity contribution < 1.29 is 22.7 Å². The van der Waals surface area contributed by atoms with Crippen molar-refractivity contribution in [1.82, 2.24) is 20.1 Å². The second-order valence-corrected chi connectivity index (χ2v) is 9.86. The second-order valence-electron chi connectivity index (χ2n) is 9.86. The van der Waals surface area contributed by atoms with Crippen LogP contribution in [0.3, 0.4) is 0 Å². The molecule has 1 N–H and O–H groups in total. The minimum atomic E-state index is -4.85. The number of piperazine rings is 1. The molecule has 0 unspecified atom stereocenters. The summed E-state index contributed by atoms with van der Waals surface area (Å²) in [7, 11) is 0. The molecule has 1 fully saturated rings. The highest BCUT2D eigenvalue weighted by Gasteiger charge is 2.41. The summed E-state index contributed by atoms with van der Waals surface area (Å²) in [6.45, 7) is 2.91. The lowest BCUT2D eigenvalue weighted by molar-refractivity contribution is -0.138. The van der Waals surface area contributed by atoms with Gasteiger partial charge in [0.1, 0.15) is 17.5 Å². The molecule has 2 aromatic heterocycles. The average Bonchev–Trinajstić information content (AvgIpc) is 3.34. The summed E-state index contributed by atoms with van der Waals surface area (Å²) in [5.74, 6) is 0.781. The Balaban J connectivity index is 1.14. The number of nitriles is 1. The van der Waals surface area contributed by atoms with Gasteiger partial charge < -0.3 is 19.4 Å². The maximum atomic E-state index is 13.8. The molecule has 1 aromatic carbocycles. The van der Waals surface area contributed by atoms with Gasteiger partial charge in [0, 0.05) is 51.9 Å². The molecular weight excluding hydrogens is 539 g/mol. The lowest BCUT2D eigenvalue weighted by Crippen LogP contribution is -2.49. The van der Waals surface area contributed by atoms with Crippen LogP contribution in [0.4, 0.5) is 24.7 Å². The third-order valence-corrected chi connectivity index (χ3v) is 7.35. The number of hydrogen-bond donors (Lipinski definition) is 1. The fourth-order valence-electron chi connectivity index (χ4n) is 5.28. The van der Waals surface area contributed by atoms with Crippen LogP contribution in [-0.4, -0.2) is 65.4 Å². The number of carbonyl (C=O) groups excluding carboxylic acids is 1. The molecular formula is C28H28F3N7O3. The Kier molecular flexibility index (Phi) is 8.21. The lowest BCUT2D eigenvalue weighted by Gasteiger charge is -2.35. The maximum Gasteiger partial charge on any atom is 0.423 e. The second kappa shape index (κ2) is 12.0. The van der Waals surface area contributed by atoms with Gasteiger partial charge in [0.2, 0.25) is 5.91 Å². The van der Waals surface area contributed by atoms with Crippen LogP contribution >= 0.6 is 0 Å². The Morgan fingerprint density at radius 3 is 2.61 bits per heavy atom. The first-order valence-corrected chi connectivity index (χ1v) is 13.2. The number of nitrogens with zero attached hydrogens (tertiary/aromatic N) is 6. The number of aromatic nitrogens is 3. The van der Waals surface area contributed by atoms with E-state index in [-0.39, 0.29) is 37.8 Å². The first-order valence-electron chi connectivity index (χ1n) is 13.2. The molecule has 0 bridgehead atoms. The number of anilines is 2. The summed E-state index contributed by atoms with van der Waals surface area (Å²) in [4.78, 5) is 34.5. The summed E-state index contributed by atoms with van der Waals surface area (Å²) in [5.41, 5.74) is -0.708. The molecule has 214 valence electrons. The number of ether oxygens (including phenoxy) is 1. The van der Waals surface area contributed by atoms with E-state index in [9.17, 15) is 22.8 Å². The monoisotopic (exact) mass is 567 g/mol. The van der Waals surface area contributed by atoms with Gasteiger partial charge in [-0.1, -0.05) is 24.3 Å². The fourth-order valence-corrected chi connectivity index (χ4v) is 5.28. The Hall–Kier alpha value is -4.44. The number of carbonyl (C=O) groups is 1. The first-order chi connectivity index (χ1) is 19.8. The number of rotatable bonds is 8. The van der Waals surface area contributed by atoms with Gasteiger partial charge in [-0.05, 0) is 29.7 Å². The topological polar surface area (TPSA) is 118 Å². The molecule has 1 saturated heterocycles. The number of amides is 1. The highest BCUT2D eigenvalue weighted by molar-refractivity contribution is 5.76. The van der Waals surface area contributed by atoms with Gasteiger partial charge in [0.05, 0.1) is 30.1 Å². The maximum absolute atomic E-state index is 13.8. The molecule has 5 rings (SSSR count). The van der Waals surface area contributed by atoms with E-state index in [4.69, 9.17) is 10.00 Å². The smallest absolute Gasteiger partial charge is 0.379 e. The Labute approximate surface area is 234 Å². The number of H-pyrrole nitrogens is 1. The van der Waals surface area contributed by atoms with E-state index in [0.717, 1.165) is 23.1 Å². The van der Waals surface area contributed by atoms with Crippen LogP contribution < -0.4 is 15.4 Å². The summed E-state index contributed by atoms with van der Waals surface area (Å²) in [5, 5.41) is 14.4. The predicted octanol–water partition coefficient (Wildman–Crippen LogP) is 3.26. The predicted molar refractivity (Wildman–Crippen MR) is 143 cm³/mol. The van der Waals surface area contributed by atoms with E-state index in [1.807, 2.05) is 35.4 Å². The Bertz CT molecular complexity index is 1480. The zero-order valence-corrected chi connectivity index (χ0v) is 22.1. The van der Waals surface area contributed by atoms with Crippen LogP contribution in [0.1, 0.15) is 41.1 Å². The summed E-state index contributed by atoms with van der Waals surface area (Å²) in [6, 6.07) is 12.3. The normalized spacial score (nSPS) is 16.9. The van der Waals surface area contributed by atoms with Gasteiger partial charge in [-0.15, -0.1) is 0 Å². The SMILES string of the molecule is N#Cc1ccc(N2CCN(C(=O)CCCOC[C@@H]3c4ccccc4CN3c3cn[nH]c(=O)c3C(F)(F)F)CC2)nc1. The van der Waals surface area contributed by atoms with Gasteiger partial charge in [-0.3, -0.25) is 9.59 Å². The number of alkyl halides is 3. The zero-order valence-electron chi connectivity index (χ0n) is 22.1. The van der Waals surface area contributed by atoms with Gasteiger partial charge in [-0.2, -0.15) is 23.5 Å². The van der Waals surface area contributed by atoms with Crippen LogP contribution in [0.2, 0.25) is 0 Å². The van der Waals surface area contributed by atoms with Crippen LogP contribution in [0.15, 0.2) is 53.6 Å². The van der Waals surface area contributed by atoms with Gasteiger partial charge in [0.15, 0.2) is 0 Å². The molecule has 13 heteroatoms. The van der Waals surface area contributed by atoms with Gasteiger partial charge >= 0.3 is 6.18 Å². The van der Waals surface area contributed by atoms with Gasteiger partial charge in [-0.25, -0.2) is 10.1 Å². The van der Waals surface area contributed by atoms with E-state index in [1.165, 1.54) is 11.1 Å². The molecule has 2 aliphatic heterocycles. The number of benzene rings is 1. The van der Waals surface area contributed by atoms with Crippen molar-refractivity contribution in [2.45, 2.75) is 31.6 Å². The Morgan fingerprint density at radius 1 is 1.12 bits per heavy atom. The summed E-state index contributed by atoms with van der Waals surface area (Å²) < 4.78 is 47.2. The quantitative estimate of drug-likeness (QED) is 0.412. The Morgan fingerprint density at radius 2 is 1.90 bits per heavy atom. The summed E-state index contributed by atoms with van der Waals surface area (Å²) >= 11 is 0. The van der Waals surface area contributed by atoms with Gasteiger partial charge in [0.25, 0.3) is 5.56 Å². The molecule has 4 heterocycles. The molecule has 0 saturated carbocycles. The molecule has 10 nitrogen and oxygen atoms in total. The van der Waals surface area contributed by atoms with Crippen LogP contribution in [-0.2, 0) is 22.3 Å². The molecule has 1 amide bonds. The number of hydrogen-bond acceptors (Lipinski definition) is 8. The molecule has 1 atom stereocenters. The lowest BCUT2D eigenvalue weighted by atomic mass is 10.1. The van der Waals surface area contributed by atoms with E-state index < -0.39 is 23.3 Å². The third-order valence-electron chi connectivity index (χ3n) is 7.35. The van der Waals surface area contributed by atoms with E-state index in [2.05, 4.69) is 15.0 Å². The van der Waals surface area contributed by atoms with Crippen molar-refractivity contribution in [3.05, 3.63) is 81.4 Å². The number of aromatic amines is 1. The molecule has 41 heavy (non-hydrogen) atoms. The van der Waals surface area contributed by atoms with Crippen molar-refractivity contribution >= 4 is 17.4 Å². The number of pyridine rings is 1. The van der Waals surface area contributed by atoms with Crippen molar-refractivity contribution in [1.29, 1.82) is 5.26 Å². The van der Waals surface area contributed by atoms with E-state index >= 15 is 0 Å². The average molecular weight is 568 g/mol. The van der Waals surface area contributed by atoms with Crippen LogP contribution in [0, 0.1) is 11.3 Å². The minimum absolute atomic E-state index is 0.0123. The number of nitrogens with one attached hydrogen (secondary N) is 1. The van der Waals surface area contributed by atoms with Crippen molar-refractivity contribution in [3.63, 3.8) is 0 Å². The first kappa shape index (κ1) is 28.1. The molecule has 0 aliphatic carbocycles. The standard InChI is InChI=1S/C28H28F3N7O3/c29-28(30,31)26-22(16-34-35-27(26)40)38-17-20-4-1-2-5-21(20)23(38)18-41-13-3-6-25(39)37-11-9-36(10-12-37)24-8-7-19(14-32)15-33-24/h1-2,4-5,7-8,15-16,23H,3,6,9-13,17-18H2,(H,35,40)/t23-/m1/s1. The summed E-state index contributed by atoms with van der Waals surface area (Å²) in [6.07, 6.45) is -1.54. The number of fused-ring (bicyclic) bond motifs is 1. The highest BCUT2D eigenvalue weighted by Crippen LogP contribution is 2.42. The van der Waals surface area contributed by atoms with Crippen molar-refractivity contribution in [2.24, 2.45) is 0 Å². The zero-order chi connectivity index (χ0) is 29.0. The molecule has 3 aromatic rings. The third kappa shape index (κ3) is 6.17. The number of halogens is 3. The highest BCUT2D eigenvalue weighted by atomic mass is 19.4. The molecule has 2 aliphatic rings. The fraction of sp³-hybridized carbons (Fsp3) is 0.393. The van der Waals surface area contributed by atoms with Crippen molar-refractivity contribution in [2.75, 3.05) is 49.2 Å². The van der Waals surface area contributed by atoms with Crippen molar-refractivity contribution in [3.8, 4) is 6.07 Å².